The van der Waals surface area contributed by atoms with Crippen molar-refractivity contribution >= 4 is 17.4 Å². The molecule has 1 rings (SSSR count). The molecular weight excluding hydrogens is 236 g/mol. The molecule has 0 aliphatic rings. The lowest BCUT2D eigenvalue weighted by Crippen LogP contribution is -2.41. The highest BCUT2D eigenvalue weighted by molar-refractivity contribution is 5.89. The zero-order chi connectivity index (χ0) is 13.5. The van der Waals surface area contributed by atoms with Gasteiger partial charge in [0.2, 0.25) is 0 Å². The number of non-ortho nitro benzene ring substituents is 1. The smallest absolute Gasteiger partial charge is 0.319 e. The van der Waals surface area contributed by atoms with Gasteiger partial charge in [-0.25, -0.2) is 4.79 Å². The van der Waals surface area contributed by atoms with Crippen molar-refractivity contribution in [3.05, 3.63) is 34.4 Å². The highest BCUT2D eigenvalue weighted by Crippen LogP contribution is 2.16. The Bertz CT molecular complexity index is 432. The van der Waals surface area contributed by atoms with Gasteiger partial charge < -0.3 is 16.4 Å². The minimum absolute atomic E-state index is 0.0707. The largest absolute Gasteiger partial charge is 0.334 e. The predicted octanol–water partition coefficient (Wildman–Crippen LogP) is 1.45. The molecule has 1 atom stereocenters. The third-order valence-electron chi connectivity index (χ3n) is 2.43. The first-order valence-electron chi connectivity index (χ1n) is 5.58. The number of nitro benzene ring substituents is 1. The summed E-state index contributed by atoms with van der Waals surface area (Å²) >= 11 is 0. The molecule has 0 radical (unpaired) electrons. The molecule has 0 bridgehead atoms. The molecular formula is C11H16N4O3. The molecule has 0 saturated heterocycles. The number of carbonyl (C=O) groups is 1. The van der Waals surface area contributed by atoms with Gasteiger partial charge in [0.25, 0.3) is 5.69 Å². The monoisotopic (exact) mass is 252 g/mol. The number of nitrogens with zero attached hydrogens (tertiary/aromatic N) is 1. The lowest BCUT2D eigenvalue weighted by molar-refractivity contribution is -0.384. The topological polar surface area (TPSA) is 110 Å². The van der Waals surface area contributed by atoms with Crippen LogP contribution in [0.1, 0.15) is 13.3 Å². The first kappa shape index (κ1) is 13.9. The van der Waals surface area contributed by atoms with E-state index < -0.39 is 11.0 Å². The van der Waals surface area contributed by atoms with E-state index in [1.807, 2.05) is 6.92 Å². The van der Waals surface area contributed by atoms with Gasteiger partial charge in [-0.2, -0.15) is 0 Å². The van der Waals surface area contributed by atoms with Gasteiger partial charge in [-0.05, 0) is 12.5 Å². The lowest BCUT2D eigenvalue weighted by atomic mass is 10.2. The fraction of sp³-hybridized carbons (Fsp3) is 0.364. The Kier molecular flexibility index (Phi) is 5.06. The average molecular weight is 252 g/mol. The van der Waals surface area contributed by atoms with Crippen LogP contribution in [-0.4, -0.2) is 23.5 Å². The minimum atomic E-state index is -0.516. The number of amides is 2. The Balaban J connectivity index is 2.64. The molecule has 0 fully saturated rings. The van der Waals surface area contributed by atoms with Gasteiger partial charge in [0.15, 0.2) is 0 Å². The number of hydrogen-bond acceptors (Lipinski definition) is 4. The van der Waals surface area contributed by atoms with Crippen molar-refractivity contribution in [2.24, 2.45) is 5.73 Å². The molecule has 1 unspecified atom stereocenters. The van der Waals surface area contributed by atoms with Crippen molar-refractivity contribution in [1.82, 2.24) is 5.32 Å². The van der Waals surface area contributed by atoms with Crippen LogP contribution in [0.5, 0.6) is 0 Å². The summed E-state index contributed by atoms with van der Waals surface area (Å²) in [7, 11) is 0. The predicted molar refractivity (Wildman–Crippen MR) is 68.4 cm³/mol. The fourth-order valence-electron chi connectivity index (χ4n) is 1.38. The van der Waals surface area contributed by atoms with E-state index in [1.54, 1.807) is 6.07 Å². The number of anilines is 1. The van der Waals surface area contributed by atoms with Crippen LogP contribution in [0.2, 0.25) is 0 Å². The molecule has 0 heterocycles. The molecule has 0 aliphatic carbocycles. The van der Waals surface area contributed by atoms with Gasteiger partial charge in [-0.3, -0.25) is 10.1 Å². The molecule has 7 heteroatoms. The highest BCUT2D eigenvalue weighted by atomic mass is 16.6. The second kappa shape index (κ2) is 6.55. The summed E-state index contributed by atoms with van der Waals surface area (Å²) < 4.78 is 0. The number of benzene rings is 1. The number of hydrogen-bond donors (Lipinski definition) is 3. The molecule has 98 valence electrons. The standard InChI is InChI=1S/C11H16N4O3/c1-2-8(7-12)13-11(16)14-9-4-3-5-10(6-9)15(17)18/h3-6,8H,2,7,12H2,1H3,(H2,13,14,16). The van der Waals surface area contributed by atoms with Gasteiger partial charge >= 0.3 is 6.03 Å². The van der Waals surface area contributed by atoms with Crippen LogP contribution in [0.15, 0.2) is 24.3 Å². The van der Waals surface area contributed by atoms with E-state index in [0.29, 0.717) is 12.2 Å². The zero-order valence-electron chi connectivity index (χ0n) is 10.1. The van der Waals surface area contributed by atoms with Crippen molar-refractivity contribution < 1.29 is 9.72 Å². The van der Waals surface area contributed by atoms with Gasteiger partial charge in [-0.15, -0.1) is 0 Å². The first-order chi connectivity index (χ1) is 8.56. The molecule has 0 aromatic heterocycles. The second-order valence-electron chi connectivity index (χ2n) is 3.75. The lowest BCUT2D eigenvalue weighted by Gasteiger charge is -2.15. The molecule has 4 N–H and O–H groups in total. The number of nitrogens with two attached hydrogens (primary N) is 1. The molecule has 0 saturated carbocycles. The van der Waals surface area contributed by atoms with Crippen LogP contribution in [0.4, 0.5) is 16.2 Å². The van der Waals surface area contributed by atoms with Crippen molar-refractivity contribution in [2.75, 3.05) is 11.9 Å². The van der Waals surface area contributed by atoms with E-state index in [1.165, 1.54) is 18.2 Å². The van der Waals surface area contributed by atoms with Gasteiger partial charge in [0.05, 0.1) is 4.92 Å². The number of carbonyl (C=O) groups excluding carboxylic acids is 1. The Labute approximate surface area is 105 Å². The van der Waals surface area contributed by atoms with Gasteiger partial charge in [0.1, 0.15) is 0 Å². The van der Waals surface area contributed by atoms with Crippen LogP contribution in [0, 0.1) is 10.1 Å². The molecule has 7 nitrogen and oxygen atoms in total. The summed E-state index contributed by atoms with van der Waals surface area (Å²) in [6.45, 7) is 2.25. The Morgan fingerprint density at radius 3 is 2.83 bits per heavy atom. The maximum Gasteiger partial charge on any atom is 0.319 e. The van der Waals surface area contributed by atoms with Crippen LogP contribution >= 0.6 is 0 Å². The summed E-state index contributed by atoms with van der Waals surface area (Å²) in [5, 5.41) is 15.8. The Hall–Kier alpha value is -2.15. The normalized spacial score (nSPS) is 11.7. The number of urea groups is 1. The second-order valence-corrected chi connectivity index (χ2v) is 3.75. The number of rotatable bonds is 5. The molecule has 0 spiro atoms. The van der Waals surface area contributed by atoms with Crippen LogP contribution in [0.3, 0.4) is 0 Å². The molecule has 0 aliphatic heterocycles. The van der Waals surface area contributed by atoms with Crippen molar-refractivity contribution in [1.29, 1.82) is 0 Å². The average Bonchev–Trinajstić information content (AvgIpc) is 2.36. The summed E-state index contributed by atoms with van der Waals surface area (Å²) in [5.41, 5.74) is 5.76. The van der Waals surface area contributed by atoms with Crippen molar-refractivity contribution in [3.8, 4) is 0 Å². The fourth-order valence-corrected chi connectivity index (χ4v) is 1.38. The van der Waals surface area contributed by atoms with E-state index in [-0.39, 0.29) is 11.7 Å². The summed E-state index contributed by atoms with van der Waals surface area (Å²) in [6, 6.07) is 5.21. The molecule has 1 aromatic rings. The molecule has 2 amide bonds. The van der Waals surface area contributed by atoms with E-state index in [4.69, 9.17) is 5.73 Å². The summed E-state index contributed by atoms with van der Waals surface area (Å²) in [4.78, 5) is 21.6. The summed E-state index contributed by atoms with van der Waals surface area (Å²) in [5.74, 6) is 0. The number of nitrogens with one attached hydrogen (secondary N) is 2. The maximum absolute atomic E-state index is 11.6. The van der Waals surface area contributed by atoms with Gasteiger partial charge in [0, 0.05) is 30.4 Å². The van der Waals surface area contributed by atoms with E-state index in [2.05, 4.69) is 10.6 Å². The zero-order valence-corrected chi connectivity index (χ0v) is 10.1. The first-order valence-corrected chi connectivity index (χ1v) is 5.58. The van der Waals surface area contributed by atoms with Crippen molar-refractivity contribution in [3.63, 3.8) is 0 Å². The van der Waals surface area contributed by atoms with Gasteiger partial charge in [-0.1, -0.05) is 13.0 Å². The highest BCUT2D eigenvalue weighted by Gasteiger charge is 2.10. The number of nitro groups is 1. The molecule has 18 heavy (non-hydrogen) atoms. The maximum atomic E-state index is 11.6. The SMILES string of the molecule is CCC(CN)NC(=O)Nc1cccc([N+](=O)[O-])c1. The minimum Gasteiger partial charge on any atom is -0.334 e. The Morgan fingerprint density at radius 1 is 1.56 bits per heavy atom. The third kappa shape index (κ3) is 4.02. The van der Waals surface area contributed by atoms with Crippen LogP contribution in [-0.2, 0) is 0 Å². The van der Waals surface area contributed by atoms with Crippen LogP contribution < -0.4 is 16.4 Å². The van der Waals surface area contributed by atoms with Crippen molar-refractivity contribution in [2.45, 2.75) is 19.4 Å². The summed E-state index contributed by atoms with van der Waals surface area (Å²) in [6.07, 6.45) is 0.721. The van der Waals surface area contributed by atoms with E-state index in [0.717, 1.165) is 6.42 Å². The van der Waals surface area contributed by atoms with E-state index in [9.17, 15) is 14.9 Å². The van der Waals surface area contributed by atoms with Crippen LogP contribution in [0.25, 0.3) is 0 Å². The van der Waals surface area contributed by atoms with E-state index >= 15 is 0 Å². The molecule has 1 aromatic carbocycles. The third-order valence-corrected chi connectivity index (χ3v) is 2.43. The quantitative estimate of drug-likeness (QED) is 0.544. The Morgan fingerprint density at radius 2 is 2.28 bits per heavy atom.